The fourth-order valence-corrected chi connectivity index (χ4v) is 2.58. The number of aromatic nitrogens is 2. The molecule has 2 aromatic rings. The Labute approximate surface area is 137 Å². The number of rotatable bonds is 6. The number of nitrogens with one attached hydrogen (secondary N) is 1. The Morgan fingerprint density at radius 1 is 1.30 bits per heavy atom. The highest BCUT2D eigenvalue weighted by Crippen LogP contribution is 2.25. The number of hydrogen-bond acceptors (Lipinski definition) is 3. The number of nitrogens with zero attached hydrogens (tertiary/aromatic N) is 2. The number of carbonyl (C=O) groups is 1. The summed E-state index contributed by atoms with van der Waals surface area (Å²) in [6.07, 6.45) is 4.89. The van der Waals surface area contributed by atoms with Crippen LogP contribution in [0.1, 0.15) is 38.1 Å². The van der Waals surface area contributed by atoms with E-state index < -0.39 is 6.10 Å². The molecule has 0 spiro atoms. The minimum Gasteiger partial charge on any atom is -0.392 e. The molecule has 2 N–H and O–H groups in total. The molecule has 2 rings (SSSR count). The molecule has 0 radical (unpaired) electrons. The van der Waals surface area contributed by atoms with Gasteiger partial charge in [-0.2, -0.15) is 0 Å². The van der Waals surface area contributed by atoms with Crippen LogP contribution >= 0.6 is 0 Å². The number of aliphatic hydroxyl groups is 1. The maximum atomic E-state index is 12.2. The molecule has 23 heavy (non-hydrogen) atoms. The molecule has 0 aliphatic carbocycles. The number of aliphatic hydroxyl groups excluding tert-OH is 1. The van der Waals surface area contributed by atoms with Crippen LogP contribution in [0.25, 0.3) is 5.82 Å². The van der Waals surface area contributed by atoms with Gasteiger partial charge in [0.2, 0.25) is 0 Å². The summed E-state index contributed by atoms with van der Waals surface area (Å²) in [4.78, 5) is 16.5. The van der Waals surface area contributed by atoms with E-state index in [1.165, 1.54) is 0 Å². The molecule has 0 aliphatic rings. The van der Waals surface area contributed by atoms with E-state index in [0.717, 1.165) is 5.82 Å². The maximum absolute atomic E-state index is 12.2. The average molecular weight is 315 g/mol. The third kappa shape index (κ3) is 4.20. The summed E-state index contributed by atoms with van der Waals surface area (Å²) < 4.78 is 1.88. The highest BCUT2D eigenvalue weighted by molar-refractivity contribution is 5.93. The van der Waals surface area contributed by atoms with Gasteiger partial charge in [0.25, 0.3) is 5.91 Å². The molecular weight excluding hydrogens is 290 g/mol. The molecule has 5 heteroatoms. The predicted octanol–water partition coefficient (Wildman–Crippen LogP) is 2.65. The van der Waals surface area contributed by atoms with Gasteiger partial charge in [0.15, 0.2) is 0 Å². The predicted molar refractivity (Wildman–Crippen MR) is 90.5 cm³/mol. The van der Waals surface area contributed by atoms with E-state index in [0.29, 0.717) is 12.1 Å². The Kier molecular flexibility index (Phi) is 5.21. The largest absolute Gasteiger partial charge is 0.392 e. The molecule has 0 fully saturated rings. The first kappa shape index (κ1) is 17.2. The smallest absolute Gasteiger partial charge is 0.252 e. The fraction of sp³-hybridized carbons (Fsp3) is 0.444. The van der Waals surface area contributed by atoms with Gasteiger partial charge < -0.3 is 15.0 Å². The lowest BCUT2D eigenvalue weighted by Gasteiger charge is -2.33. The summed E-state index contributed by atoms with van der Waals surface area (Å²) in [6, 6.07) is 7.40. The summed E-state index contributed by atoms with van der Waals surface area (Å²) in [5.41, 5.74) is 0.123. The molecule has 1 unspecified atom stereocenters. The van der Waals surface area contributed by atoms with E-state index in [2.05, 4.69) is 10.3 Å². The zero-order valence-corrected chi connectivity index (χ0v) is 14.2. The normalized spacial score (nSPS) is 13.1. The maximum Gasteiger partial charge on any atom is 0.252 e. The second kappa shape index (κ2) is 6.96. The lowest BCUT2D eigenvalue weighted by atomic mass is 9.80. The van der Waals surface area contributed by atoms with E-state index >= 15 is 0 Å². The molecule has 124 valence electrons. The van der Waals surface area contributed by atoms with Gasteiger partial charge in [-0.05, 0) is 30.2 Å². The van der Waals surface area contributed by atoms with Crippen LogP contribution in [0.5, 0.6) is 0 Å². The Bertz CT molecular complexity index is 631. The third-order valence-electron chi connectivity index (χ3n) is 4.02. The first-order valence-corrected chi connectivity index (χ1v) is 7.87. The van der Waals surface area contributed by atoms with E-state index in [9.17, 15) is 9.90 Å². The standard InChI is InChI=1S/C18H25N3O2/c1-13(2)16(22)18(3,4)12-20-17(23)14-7-8-15(19-11-14)21-9-5-6-10-21/h5-11,13,16,22H,12H2,1-4H3,(H,20,23). The van der Waals surface area contributed by atoms with E-state index in [1.807, 2.05) is 62.9 Å². The summed E-state index contributed by atoms with van der Waals surface area (Å²) in [7, 11) is 0. The second-order valence-corrected chi connectivity index (χ2v) is 6.86. The summed E-state index contributed by atoms with van der Waals surface area (Å²) in [5, 5.41) is 13.1. The van der Waals surface area contributed by atoms with Crippen molar-refractivity contribution in [2.75, 3.05) is 6.54 Å². The monoisotopic (exact) mass is 315 g/mol. The van der Waals surface area contributed by atoms with E-state index in [1.54, 1.807) is 12.3 Å². The minimum absolute atomic E-state index is 0.143. The molecule has 0 saturated carbocycles. The van der Waals surface area contributed by atoms with Crippen molar-refractivity contribution in [2.24, 2.45) is 11.3 Å². The fourth-order valence-electron chi connectivity index (χ4n) is 2.58. The zero-order valence-electron chi connectivity index (χ0n) is 14.2. The van der Waals surface area contributed by atoms with Crippen LogP contribution in [-0.2, 0) is 0 Å². The van der Waals surface area contributed by atoms with Gasteiger partial charge >= 0.3 is 0 Å². The summed E-state index contributed by atoms with van der Waals surface area (Å²) in [6.45, 7) is 8.25. The van der Waals surface area contributed by atoms with E-state index in [4.69, 9.17) is 0 Å². The van der Waals surface area contributed by atoms with Crippen molar-refractivity contribution in [1.29, 1.82) is 0 Å². The van der Waals surface area contributed by atoms with Gasteiger partial charge in [0.1, 0.15) is 5.82 Å². The van der Waals surface area contributed by atoms with Gasteiger partial charge in [0.05, 0.1) is 11.7 Å². The molecule has 2 aromatic heterocycles. The van der Waals surface area contributed by atoms with Crippen molar-refractivity contribution < 1.29 is 9.90 Å². The Balaban J connectivity index is 1.98. The zero-order chi connectivity index (χ0) is 17.0. The molecule has 0 aromatic carbocycles. The quantitative estimate of drug-likeness (QED) is 0.861. The first-order chi connectivity index (χ1) is 10.8. The second-order valence-electron chi connectivity index (χ2n) is 6.86. The molecule has 0 aliphatic heterocycles. The lowest BCUT2D eigenvalue weighted by molar-refractivity contribution is 0.0138. The van der Waals surface area contributed by atoms with Crippen molar-refractivity contribution in [3.8, 4) is 5.82 Å². The SMILES string of the molecule is CC(C)C(O)C(C)(C)CNC(=O)c1ccc(-n2cccc2)nc1. The number of pyridine rings is 1. The Morgan fingerprint density at radius 2 is 1.96 bits per heavy atom. The topological polar surface area (TPSA) is 67.2 Å². The minimum atomic E-state index is -0.475. The molecular formula is C18H25N3O2. The van der Waals surface area contributed by atoms with Crippen LogP contribution in [0.15, 0.2) is 42.9 Å². The molecule has 0 saturated heterocycles. The first-order valence-electron chi connectivity index (χ1n) is 7.87. The number of hydrogen-bond donors (Lipinski definition) is 2. The molecule has 0 bridgehead atoms. The third-order valence-corrected chi connectivity index (χ3v) is 4.02. The lowest BCUT2D eigenvalue weighted by Crippen LogP contribution is -2.43. The van der Waals surface area contributed by atoms with Crippen LogP contribution in [-0.4, -0.2) is 33.2 Å². The van der Waals surface area contributed by atoms with Crippen molar-refractivity contribution in [3.05, 3.63) is 48.4 Å². The van der Waals surface area contributed by atoms with E-state index in [-0.39, 0.29) is 17.2 Å². The molecule has 5 nitrogen and oxygen atoms in total. The van der Waals surface area contributed by atoms with Crippen LogP contribution in [0.4, 0.5) is 0 Å². The highest BCUT2D eigenvalue weighted by Gasteiger charge is 2.30. The van der Waals surface area contributed by atoms with Crippen molar-refractivity contribution >= 4 is 5.91 Å². The molecule has 1 atom stereocenters. The highest BCUT2D eigenvalue weighted by atomic mass is 16.3. The van der Waals surface area contributed by atoms with Gasteiger partial charge in [-0.15, -0.1) is 0 Å². The van der Waals surface area contributed by atoms with Crippen LogP contribution in [0.2, 0.25) is 0 Å². The Hall–Kier alpha value is -2.14. The van der Waals surface area contributed by atoms with Crippen LogP contribution < -0.4 is 5.32 Å². The van der Waals surface area contributed by atoms with Gasteiger partial charge in [-0.1, -0.05) is 27.7 Å². The van der Waals surface area contributed by atoms with Gasteiger partial charge in [-0.25, -0.2) is 4.98 Å². The van der Waals surface area contributed by atoms with Crippen LogP contribution in [0, 0.1) is 11.3 Å². The molecule has 2 heterocycles. The van der Waals surface area contributed by atoms with Crippen molar-refractivity contribution in [1.82, 2.24) is 14.9 Å². The van der Waals surface area contributed by atoms with Gasteiger partial charge in [0, 0.05) is 30.6 Å². The number of amides is 1. The van der Waals surface area contributed by atoms with Gasteiger partial charge in [-0.3, -0.25) is 4.79 Å². The van der Waals surface area contributed by atoms with Crippen LogP contribution in [0.3, 0.4) is 0 Å². The average Bonchev–Trinajstić information content (AvgIpc) is 3.06. The van der Waals surface area contributed by atoms with Crippen molar-refractivity contribution in [2.45, 2.75) is 33.8 Å². The Morgan fingerprint density at radius 3 is 2.48 bits per heavy atom. The van der Waals surface area contributed by atoms with Crippen molar-refractivity contribution in [3.63, 3.8) is 0 Å². The molecule has 1 amide bonds. The number of carbonyl (C=O) groups excluding carboxylic acids is 1. The summed E-state index contributed by atoms with van der Waals surface area (Å²) >= 11 is 0. The summed E-state index contributed by atoms with van der Waals surface area (Å²) in [5.74, 6) is 0.729.